The molecule has 2 rings (SSSR count). The summed E-state index contributed by atoms with van der Waals surface area (Å²) in [5.74, 6) is -0.273. The van der Waals surface area contributed by atoms with Gasteiger partial charge in [0.1, 0.15) is 0 Å². The van der Waals surface area contributed by atoms with Crippen molar-refractivity contribution >= 4 is 23.2 Å². The van der Waals surface area contributed by atoms with Crippen LogP contribution in [0.5, 0.6) is 0 Å². The summed E-state index contributed by atoms with van der Waals surface area (Å²) in [7, 11) is 0. The average molecular weight is 318 g/mol. The highest BCUT2D eigenvalue weighted by Gasteiger charge is 2.15. The van der Waals surface area contributed by atoms with Crippen molar-refractivity contribution in [2.24, 2.45) is 5.73 Å². The number of hydrogen-bond donors (Lipinski definition) is 3. The molecule has 2 amide bonds. The third-order valence-corrected chi connectivity index (χ3v) is 4.01. The van der Waals surface area contributed by atoms with E-state index >= 15 is 0 Å². The lowest BCUT2D eigenvalue weighted by molar-refractivity contribution is -0.118. The van der Waals surface area contributed by atoms with E-state index in [2.05, 4.69) is 15.5 Å². The van der Waals surface area contributed by atoms with Crippen LogP contribution in [0.25, 0.3) is 0 Å². The van der Waals surface area contributed by atoms with Crippen LogP contribution in [-0.2, 0) is 9.59 Å². The Morgan fingerprint density at radius 3 is 2.57 bits per heavy atom. The fourth-order valence-electron chi connectivity index (χ4n) is 2.60. The third-order valence-electron chi connectivity index (χ3n) is 4.01. The van der Waals surface area contributed by atoms with Crippen molar-refractivity contribution in [1.82, 2.24) is 4.90 Å². The Kier molecular flexibility index (Phi) is 6.12. The second-order valence-corrected chi connectivity index (χ2v) is 6.19. The zero-order valence-corrected chi connectivity index (χ0v) is 13.9. The van der Waals surface area contributed by atoms with Gasteiger partial charge < -0.3 is 16.4 Å². The van der Waals surface area contributed by atoms with Crippen LogP contribution in [0.3, 0.4) is 0 Å². The summed E-state index contributed by atoms with van der Waals surface area (Å²) >= 11 is 0. The molecule has 0 radical (unpaired) electrons. The van der Waals surface area contributed by atoms with Crippen LogP contribution >= 0.6 is 0 Å². The van der Waals surface area contributed by atoms with Gasteiger partial charge in [-0.25, -0.2) is 0 Å². The number of carbonyl (C=O) groups excluding carboxylic acids is 2. The number of nitrogens with zero attached hydrogens (tertiary/aromatic N) is 1. The minimum Gasteiger partial charge on any atom is -0.325 e. The molecule has 0 saturated carbocycles. The molecule has 1 atom stereocenters. The van der Waals surface area contributed by atoms with Gasteiger partial charge in [-0.1, -0.05) is 12.5 Å². The van der Waals surface area contributed by atoms with Crippen LogP contribution in [0.2, 0.25) is 0 Å². The maximum Gasteiger partial charge on any atom is 0.240 e. The van der Waals surface area contributed by atoms with Crippen LogP contribution < -0.4 is 16.4 Å². The Hall–Kier alpha value is -1.92. The standard InChI is InChI=1S/C17H26N4O2/c1-12-6-7-14(19-17(23)13(2)18)10-15(12)20-16(22)11-21-8-4-3-5-9-21/h6-7,10,13H,3-5,8-9,11,18H2,1-2H3,(H,19,23)(H,20,22). The zero-order chi connectivity index (χ0) is 16.8. The number of amides is 2. The highest BCUT2D eigenvalue weighted by molar-refractivity contribution is 5.97. The summed E-state index contributed by atoms with van der Waals surface area (Å²) in [5.41, 5.74) is 7.85. The molecule has 1 saturated heterocycles. The van der Waals surface area contributed by atoms with Crippen LogP contribution in [0, 0.1) is 6.92 Å². The maximum atomic E-state index is 12.2. The smallest absolute Gasteiger partial charge is 0.240 e. The van der Waals surface area contributed by atoms with Crippen molar-refractivity contribution in [3.63, 3.8) is 0 Å². The topological polar surface area (TPSA) is 87.5 Å². The lowest BCUT2D eigenvalue weighted by atomic mass is 10.1. The number of carbonyl (C=O) groups is 2. The van der Waals surface area contributed by atoms with Gasteiger partial charge in [-0.15, -0.1) is 0 Å². The lowest BCUT2D eigenvalue weighted by Gasteiger charge is -2.25. The first kappa shape index (κ1) is 17.4. The minimum atomic E-state index is -0.576. The van der Waals surface area contributed by atoms with Crippen molar-refractivity contribution in [2.75, 3.05) is 30.3 Å². The Morgan fingerprint density at radius 1 is 1.22 bits per heavy atom. The molecule has 1 aromatic rings. The van der Waals surface area contributed by atoms with Gasteiger partial charge in [0, 0.05) is 11.4 Å². The largest absolute Gasteiger partial charge is 0.325 e. The molecule has 1 aliphatic rings. The molecule has 0 aromatic heterocycles. The maximum absolute atomic E-state index is 12.2. The SMILES string of the molecule is Cc1ccc(NC(=O)C(C)N)cc1NC(=O)CN1CCCCC1. The van der Waals surface area contributed by atoms with E-state index in [9.17, 15) is 9.59 Å². The molecule has 1 unspecified atom stereocenters. The summed E-state index contributed by atoms with van der Waals surface area (Å²) in [6, 6.07) is 4.86. The number of aryl methyl sites for hydroxylation is 1. The van der Waals surface area contributed by atoms with Gasteiger partial charge in [-0.3, -0.25) is 14.5 Å². The summed E-state index contributed by atoms with van der Waals surface area (Å²) < 4.78 is 0. The quantitative estimate of drug-likeness (QED) is 0.771. The van der Waals surface area contributed by atoms with Gasteiger partial charge in [-0.2, -0.15) is 0 Å². The predicted molar refractivity (Wildman–Crippen MR) is 92.4 cm³/mol. The molecule has 1 aromatic carbocycles. The number of piperidine rings is 1. The van der Waals surface area contributed by atoms with Crippen molar-refractivity contribution in [3.8, 4) is 0 Å². The monoisotopic (exact) mass is 318 g/mol. The molecule has 1 fully saturated rings. The van der Waals surface area contributed by atoms with Gasteiger partial charge in [-0.05, 0) is 57.5 Å². The van der Waals surface area contributed by atoms with Crippen molar-refractivity contribution in [3.05, 3.63) is 23.8 Å². The Bertz CT molecular complexity index is 566. The van der Waals surface area contributed by atoms with Crippen LogP contribution in [0.15, 0.2) is 18.2 Å². The molecule has 0 bridgehead atoms. The number of nitrogens with two attached hydrogens (primary N) is 1. The van der Waals surface area contributed by atoms with Crippen molar-refractivity contribution in [1.29, 1.82) is 0 Å². The Balaban J connectivity index is 1.97. The first-order valence-corrected chi connectivity index (χ1v) is 8.15. The summed E-state index contributed by atoms with van der Waals surface area (Å²) in [4.78, 5) is 26.1. The van der Waals surface area contributed by atoms with Crippen molar-refractivity contribution in [2.45, 2.75) is 39.2 Å². The first-order valence-electron chi connectivity index (χ1n) is 8.15. The zero-order valence-electron chi connectivity index (χ0n) is 13.9. The van der Waals surface area contributed by atoms with E-state index in [0.717, 1.165) is 37.2 Å². The van der Waals surface area contributed by atoms with Gasteiger partial charge in [0.05, 0.1) is 12.6 Å². The number of benzene rings is 1. The molecule has 6 nitrogen and oxygen atoms in total. The fraction of sp³-hybridized carbons (Fsp3) is 0.529. The summed E-state index contributed by atoms with van der Waals surface area (Å²) in [6.07, 6.45) is 3.56. The molecule has 0 spiro atoms. The molecule has 1 aliphatic heterocycles. The van der Waals surface area contributed by atoms with Crippen LogP contribution in [0.4, 0.5) is 11.4 Å². The number of hydrogen-bond acceptors (Lipinski definition) is 4. The number of nitrogens with one attached hydrogen (secondary N) is 2. The van der Waals surface area contributed by atoms with E-state index in [0.29, 0.717) is 12.2 Å². The van der Waals surface area contributed by atoms with E-state index in [-0.39, 0.29) is 11.8 Å². The van der Waals surface area contributed by atoms with Crippen LogP contribution in [-0.4, -0.2) is 42.4 Å². The van der Waals surface area contributed by atoms with Crippen LogP contribution in [0.1, 0.15) is 31.7 Å². The highest BCUT2D eigenvalue weighted by atomic mass is 16.2. The Labute approximate surface area is 137 Å². The molecular weight excluding hydrogens is 292 g/mol. The predicted octanol–water partition coefficient (Wildman–Crippen LogP) is 1.71. The Morgan fingerprint density at radius 2 is 1.91 bits per heavy atom. The number of anilines is 2. The first-order chi connectivity index (χ1) is 11.0. The van der Waals surface area contributed by atoms with Gasteiger partial charge in [0.15, 0.2) is 0 Å². The minimum absolute atomic E-state index is 0.0225. The molecule has 0 aliphatic carbocycles. The number of rotatable bonds is 5. The molecule has 1 heterocycles. The summed E-state index contributed by atoms with van der Waals surface area (Å²) in [5, 5.41) is 5.68. The fourth-order valence-corrected chi connectivity index (χ4v) is 2.60. The molecule has 6 heteroatoms. The van der Waals surface area contributed by atoms with E-state index in [1.807, 2.05) is 13.0 Å². The normalized spacial score (nSPS) is 16.7. The van der Waals surface area contributed by atoms with Gasteiger partial charge in [0.2, 0.25) is 11.8 Å². The van der Waals surface area contributed by atoms with Gasteiger partial charge >= 0.3 is 0 Å². The molecule has 126 valence electrons. The lowest BCUT2D eigenvalue weighted by Crippen LogP contribution is -2.37. The van der Waals surface area contributed by atoms with Gasteiger partial charge in [0.25, 0.3) is 0 Å². The molecule has 23 heavy (non-hydrogen) atoms. The van der Waals surface area contributed by atoms with E-state index < -0.39 is 6.04 Å². The van der Waals surface area contributed by atoms with E-state index in [1.165, 1.54) is 6.42 Å². The number of likely N-dealkylation sites (tertiary alicyclic amines) is 1. The van der Waals surface area contributed by atoms with E-state index in [1.54, 1.807) is 19.1 Å². The van der Waals surface area contributed by atoms with Crippen molar-refractivity contribution < 1.29 is 9.59 Å². The summed E-state index contributed by atoms with van der Waals surface area (Å²) in [6.45, 7) is 5.93. The highest BCUT2D eigenvalue weighted by Crippen LogP contribution is 2.20. The second-order valence-electron chi connectivity index (χ2n) is 6.19. The van der Waals surface area contributed by atoms with E-state index in [4.69, 9.17) is 5.73 Å². The average Bonchev–Trinajstić information content (AvgIpc) is 2.51. The molecular formula is C17H26N4O2. The third kappa shape index (κ3) is 5.33. The molecule has 4 N–H and O–H groups in total. The second kappa shape index (κ2) is 8.08.